The smallest absolute Gasteiger partial charge is 0.175 e. The third-order valence-electron chi connectivity index (χ3n) is 2.88. The average Bonchev–Trinajstić information content (AvgIpc) is 2.47. The van der Waals surface area contributed by atoms with Crippen LogP contribution in [0.1, 0.15) is 38.7 Å². The van der Waals surface area contributed by atoms with Crippen LogP contribution in [0.2, 0.25) is 0 Å². The van der Waals surface area contributed by atoms with Crippen molar-refractivity contribution in [1.82, 2.24) is 5.32 Å². The SMILES string of the molecule is CCNCc1cc(Br)c(OCCCCC#N)c(OCC)c1. The molecule has 0 amide bonds. The molecule has 1 N–H and O–H groups in total. The van der Waals surface area contributed by atoms with Gasteiger partial charge in [0.1, 0.15) is 0 Å². The van der Waals surface area contributed by atoms with Gasteiger partial charge < -0.3 is 14.8 Å². The highest BCUT2D eigenvalue weighted by molar-refractivity contribution is 9.10. The van der Waals surface area contributed by atoms with Gasteiger partial charge in [0.15, 0.2) is 11.5 Å². The zero-order valence-corrected chi connectivity index (χ0v) is 14.3. The number of hydrogen-bond donors (Lipinski definition) is 1. The molecule has 21 heavy (non-hydrogen) atoms. The second-order valence-corrected chi connectivity index (χ2v) is 5.44. The summed E-state index contributed by atoms with van der Waals surface area (Å²) in [5, 5.41) is 11.8. The summed E-state index contributed by atoms with van der Waals surface area (Å²) in [7, 11) is 0. The van der Waals surface area contributed by atoms with Crippen LogP contribution in [0.4, 0.5) is 0 Å². The van der Waals surface area contributed by atoms with Crippen LogP contribution in [0.15, 0.2) is 16.6 Å². The molecule has 0 saturated heterocycles. The lowest BCUT2D eigenvalue weighted by molar-refractivity contribution is 0.270. The number of benzene rings is 1. The van der Waals surface area contributed by atoms with Gasteiger partial charge in [-0.2, -0.15) is 5.26 Å². The Morgan fingerprint density at radius 2 is 2.05 bits per heavy atom. The number of nitriles is 1. The van der Waals surface area contributed by atoms with Crippen LogP contribution in [-0.2, 0) is 6.54 Å². The number of nitrogens with one attached hydrogen (secondary N) is 1. The van der Waals surface area contributed by atoms with E-state index in [0.29, 0.717) is 19.6 Å². The van der Waals surface area contributed by atoms with Gasteiger partial charge in [0.25, 0.3) is 0 Å². The van der Waals surface area contributed by atoms with Gasteiger partial charge in [-0.1, -0.05) is 6.92 Å². The highest BCUT2D eigenvalue weighted by Gasteiger charge is 2.12. The quantitative estimate of drug-likeness (QED) is 0.644. The first-order chi connectivity index (χ1) is 10.2. The third-order valence-corrected chi connectivity index (χ3v) is 3.47. The molecule has 0 saturated carbocycles. The van der Waals surface area contributed by atoms with Crippen LogP contribution < -0.4 is 14.8 Å². The summed E-state index contributed by atoms with van der Waals surface area (Å²) < 4.78 is 12.4. The van der Waals surface area contributed by atoms with E-state index in [-0.39, 0.29) is 0 Å². The second-order valence-electron chi connectivity index (χ2n) is 4.58. The number of rotatable bonds is 10. The molecule has 116 valence electrons. The molecule has 0 fully saturated rings. The fourth-order valence-electron chi connectivity index (χ4n) is 1.88. The minimum absolute atomic E-state index is 0.574. The van der Waals surface area contributed by atoms with Crippen LogP contribution >= 0.6 is 15.9 Å². The number of nitrogens with zero attached hydrogens (tertiary/aromatic N) is 1. The average molecular weight is 355 g/mol. The van der Waals surface area contributed by atoms with E-state index in [1.807, 2.05) is 13.0 Å². The van der Waals surface area contributed by atoms with E-state index in [0.717, 1.165) is 47.5 Å². The summed E-state index contributed by atoms with van der Waals surface area (Å²) in [6.07, 6.45) is 2.30. The standard InChI is InChI=1S/C16H23BrN2O2/c1-3-19-12-13-10-14(17)16(15(11-13)20-4-2)21-9-7-5-6-8-18/h10-11,19H,3-7,9,12H2,1-2H3. The molecule has 0 radical (unpaired) electrons. The first-order valence-electron chi connectivity index (χ1n) is 7.38. The monoisotopic (exact) mass is 354 g/mol. The molecule has 0 unspecified atom stereocenters. The van der Waals surface area contributed by atoms with E-state index < -0.39 is 0 Å². The topological polar surface area (TPSA) is 54.3 Å². The molecule has 0 bridgehead atoms. The van der Waals surface area contributed by atoms with E-state index in [1.165, 1.54) is 0 Å². The molecule has 0 aliphatic carbocycles. The van der Waals surface area contributed by atoms with Gasteiger partial charge in [-0.05, 0) is 59.9 Å². The summed E-state index contributed by atoms with van der Waals surface area (Å²) in [5.74, 6) is 1.51. The number of unbranched alkanes of at least 4 members (excludes halogenated alkanes) is 2. The van der Waals surface area contributed by atoms with E-state index in [1.54, 1.807) is 0 Å². The van der Waals surface area contributed by atoms with Gasteiger partial charge in [-0.15, -0.1) is 0 Å². The summed E-state index contributed by atoms with van der Waals surface area (Å²) >= 11 is 3.56. The Labute approximate surface area is 135 Å². The van der Waals surface area contributed by atoms with Crippen molar-refractivity contribution in [2.45, 2.75) is 39.7 Å². The predicted octanol–water partition coefficient (Wildman–Crippen LogP) is 4.03. The maximum Gasteiger partial charge on any atom is 0.175 e. The minimum Gasteiger partial charge on any atom is -0.490 e. The normalized spacial score (nSPS) is 10.2. The highest BCUT2D eigenvalue weighted by Crippen LogP contribution is 2.37. The Morgan fingerprint density at radius 3 is 2.71 bits per heavy atom. The lowest BCUT2D eigenvalue weighted by Crippen LogP contribution is -2.12. The zero-order valence-electron chi connectivity index (χ0n) is 12.7. The van der Waals surface area contributed by atoms with Crippen LogP contribution in [-0.4, -0.2) is 19.8 Å². The van der Waals surface area contributed by atoms with Crippen molar-refractivity contribution in [1.29, 1.82) is 5.26 Å². The molecule has 1 rings (SSSR count). The van der Waals surface area contributed by atoms with Crippen molar-refractivity contribution in [3.05, 3.63) is 22.2 Å². The van der Waals surface area contributed by atoms with Gasteiger partial charge >= 0.3 is 0 Å². The fourth-order valence-corrected chi connectivity index (χ4v) is 2.48. The molecule has 0 aliphatic heterocycles. The lowest BCUT2D eigenvalue weighted by atomic mass is 10.2. The molecule has 0 aromatic heterocycles. The van der Waals surface area contributed by atoms with Crippen LogP contribution in [0, 0.1) is 11.3 Å². The third kappa shape index (κ3) is 6.36. The highest BCUT2D eigenvalue weighted by atomic mass is 79.9. The summed E-state index contributed by atoms with van der Waals surface area (Å²) in [5.41, 5.74) is 1.16. The van der Waals surface area contributed by atoms with Crippen LogP contribution in [0.5, 0.6) is 11.5 Å². The van der Waals surface area contributed by atoms with E-state index >= 15 is 0 Å². The van der Waals surface area contributed by atoms with E-state index in [2.05, 4.69) is 40.3 Å². The van der Waals surface area contributed by atoms with Crippen molar-refractivity contribution >= 4 is 15.9 Å². The summed E-state index contributed by atoms with van der Waals surface area (Å²) in [6.45, 7) is 6.96. The zero-order chi connectivity index (χ0) is 15.5. The molecule has 1 aromatic carbocycles. The molecule has 5 heteroatoms. The molecule has 0 spiro atoms. The Hall–Kier alpha value is -1.25. The van der Waals surface area contributed by atoms with Crippen molar-refractivity contribution in [3.63, 3.8) is 0 Å². The fraction of sp³-hybridized carbons (Fsp3) is 0.562. The summed E-state index contributed by atoms with van der Waals surface area (Å²) in [4.78, 5) is 0. The molecular formula is C16H23BrN2O2. The van der Waals surface area contributed by atoms with Crippen molar-refractivity contribution in [3.8, 4) is 17.6 Å². The summed E-state index contributed by atoms with van der Waals surface area (Å²) in [6, 6.07) is 6.21. The predicted molar refractivity (Wildman–Crippen MR) is 87.7 cm³/mol. The number of halogens is 1. The van der Waals surface area contributed by atoms with Crippen molar-refractivity contribution in [2.24, 2.45) is 0 Å². The van der Waals surface area contributed by atoms with Gasteiger partial charge in [-0.3, -0.25) is 0 Å². The number of ether oxygens (including phenoxy) is 2. The van der Waals surface area contributed by atoms with Gasteiger partial charge in [0.05, 0.1) is 23.8 Å². The molecule has 0 aliphatic rings. The Morgan fingerprint density at radius 1 is 1.24 bits per heavy atom. The minimum atomic E-state index is 0.574. The van der Waals surface area contributed by atoms with Crippen molar-refractivity contribution in [2.75, 3.05) is 19.8 Å². The van der Waals surface area contributed by atoms with E-state index in [4.69, 9.17) is 14.7 Å². The maximum absolute atomic E-state index is 8.52. The van der Waals surface area contributed by atoms with Crippen molar-refractivity contribution < 1.29 is 9.47 Å². The van der Waals surface area contributed by atoms with E-state index in [9.17, 15) is 0 Å². The Kier molecular flexibility index (Phi) is 8.88. The first-order valence-corrected chi connectivity index (χ1v) is 8.17. The van der Waals surface area contributed by atoms with Gasteiger partial charge in [0, 0.05) is 13.0 Å². The Balaban J connectivity index is 2.73. The molecule has 0 heterocycles. The number of hydrogen-bond acceptors (Lipinski definition) is 4. The lowest BCUT2D eigenvalue weighted by Gasteiger charge is -2.15. The molecule has 0 atom stereocenters. The van der Waals surface area contributed by atoms with Crippen LogP contribution in [0.25, 0.3) is 0 Å². The molecular weight excluding hydrogens is 332 g/mol. The first kappa shape index (κ1) is 17.8. The molecule has 1 aromatic rings. The molecule has 4 nitrogen and oxygen atoms in total. The van der Waals surface area contributed by atoms with Crippen LogP contribution in [0.3, 0.4) is 0 Å². The van der Waals surface area contributed by atoms with Gasteiger partial charge in [0.2, 0.25) is 0 Å². The largest absolute Gasteiger partial charge is 0.490 e. The van der Waals surface area contributed by atoms with Gasteiger partial charge in [-0.25, -0.2) is 0 Å². The maximum atomic E-state index is 8.52. The second kappa shape index (κ2) is 10.5. The Bertz CT molecular complexity index is 472.